The van der Waals surface area contributed by atoms with Gasteiger partial charge in [0, 0.05) is 12.1 Å². The average Bonchev–Trinajstić information content (AvgIpc) is 2.96. The second kappa shape index (κ2) is 5.84. The van der Waals surface area contributed by atoms with Gasteiger partial charge < -0.3 is 10.2 Å². The zero-order valence-electron chi connectivity index (χ0n) is 12.2. The van der Waals surface area contributed by atoms with Gasteiger partial charge in [0.15, 0.2) is 10.8 Å². The maximum Gasteiger partial charge on any atom is 0.276 e. The predicted octanol–water partition coefficient (Wildman–Crippen LogP) is 1.57. The van der Waals surface area contributed by atoms with Gasteiger partial charge in [-0.25, -0.2) is 0 Å². The second-order valence-corrected chi connectivity index (χ2v) is 5.58. The number of rotatable bonds is 4. The van der Waals surface area contributed by atoms with Gasteiger partial charge in [-0.2, -0.15) is 10.1 Å². The molecule has 0 spiro atoms. The molecule has 1 saturated heterocycles. The number of carbonyl (C=O) groups is 2. The van der Waals surface area contributed by atoms with Gasteiger partial charge in [-0.15, -0.1) is 0 Å². The van der Waals surface area contributed by atoms with Gasteiger partial charge in [-0.05, 0) is 24.7 Å². The third-order valence-corrected chi connectivity index (χ3v) is 4.07. The highest BCUT2D eigenvalue weighted by molar-refractivity contribution is 7.80. The number of anilines is 1. The van der Waals surface area contributed by atoms with Crippen molar-refractivity contribution in [2.75, 3.05) is 18.4 Å². The number of hydrogen-bond acceptors (Lipinski definition) is 4. The van der Waals surface area contributed by atoms with Crippen LogP contribution >= 0.6 is 12.2 Å². The Morgan fingerprint density at radius 2 is 2.09 bits per heavy atom. The summed E-state index contributed by atoms with van der Waals surface area (Å²) in [6.45, 7) is 3.03. The molecule has 0 atom stereocenters. The highest BCUT2D eigenvalue weighted by Crippen LogP contribution is 2.24. The molecule has 0 aromatic heterocycles. The molecule has 7 heteroatoms. The van der Waals surface area contributed by atoms with E-state index < -0.39 is 0 Å². The summed E-state index contributed by atoms with van der Waals surface area (Å²) >= 11 is 5.32. The molecular formula is C15H16N4O2S. The summed E-state index contributed by atoms with van der Waals surface area (Å²) in [5.74, 6) is -0.519. The molecule has 0 bridgehead atoms. The third kappa shape index (κ3) is 2.48. The van der Waals surface area contributed by atoms with E-state index in [1.807, 2.05) is 17.0 Å². The molecule has 114 valence electrons. The van der Waals surface area contributed by atoms with E-state index in [2.05, 4.69) is 17.3 Å². The fourth-order valence-corrected chi connectivity index (χ4v) is 2.76. The number of hydrazone groups is 1. The number of nitrogens with one attached hydrogen (secondary N) is 1. The molecule has 0 unspecified atom stereocenters. The number of fused-ring (bicyclic) bond motifs is 1. The number of para-hydroxylation sites is 1. The number of thiocarbonyl (C=S) groups is 1. The van der Waals surface area contributed by atoms with Crippen molar-refractivity contribution in [2.24, 2.45) is 5.10 Å². The second-order valence-electron chi connectivity index (χ2n) is 5.21. The fourth-order valence-electron chi connectivity index (χ4n) is 2.46. The van der Waals surface area contributed by atoms with Crippen LogP contribution in [0.1, 0.15) is 25.3 Å². The van der Waals surface area contributed by atoms with Crippen LogP contribution in [-0.2, 0) is 9.59 Å². The molecule has 2 heterocycles. The van der Waals surface area contributed by atoms with Crippen LogP contribution < -0.4 is 5.32 Å². The summed E-state index contributed by atoms with van der Waals surface area (Å²) in [5, 5.41) is 8.49. The minimum atomic E-state index is -0.316. The van der Waals surface area contributed by atoms with E-state index in [4.69, 9.17) is 12.2 Å². The molecule has 0 aliphatic carbocycles. The molecule has 2 aliphatic heterocycles. The number of nitrogens with zero attached hydrogens (tertiary/aromatic N) is 3. The maximum absolute atomic E-state index is 12.1. The van der Waals surface area contributed by atoms with Gasteiger partial charge >= 0.3 is 0 Å². The number of unbranched alkanes of at least 4 members (excludes halogenated alkanes) is 1. The molecule has 0 radical (unpaired) electrons. The number of benzene rings is 1. The quantitative estimate of drug-likeness (QED) is 0.857. The van der Waals surface area contributed by atoms with E-state index in [1.54, 1.807) is 12.1 Å². The van der Waals surface area contributed by atoms with Crippen molar-refractivity contribution >= 4 is 40.5 Å². The largest absolute Gasteiger partial charge is 0.338 e. The first kappa shape index (κ1) is 14.6. The van der Waals surface area contributed by atoms with Crippen LogP contribution in [0.15, 0.2) is 29.4 Å². The van der Waals surface area contributed by atoms with Crippen molar-refractivity contribution in [1.82, 2.24) is 9.91 Å². The zero-order valence-corrected chi connectivity index (χ0v) is 13.0. The summed E-state index contributed by atoms with van der Waals surface area (Å²) in [4.78, 5) is 26.0. The van der Waals surface area contributed by atoms with E-state index in [0.717, 1.165) is 19.4 Å². The van der Waals surface area contributed by atoms with Crippen molar-refractivity contribution in [3.63, 3.8) is 0 Å². The normalized spacial score (nSPS) is 19.1. The number of amides is 2. The lowest BCUT2D eigenvalue weighted by molar-refractivity contribution is -0.125. The molecule has 22 heavy (non-hydrogen) atoms. The molecule has 0 saturated carbocycles. The van der Waals surface area contributed by atoms with Crippen LogP contribution in [0.25, 0.3) is 0 Å². The molecular weight excluding hydrogens is 300 g/mol. The first-order chi connectivity index (χ1) is 10.6. The number of carbonyl (C=O) groups excluding carboxylic acids is 2. The van der Waals surface area contributed by atoms with Crippen molar-refractivity contribution in [2.45, 2.75) is 19.8 Å². The molecule has 1 fully saturated rings. The Morgan fingerprint density at radius 1 is 1.32 bits per heavy atom. The van der Waals surface area contributed by atoms with Gasteiger partial charge in [0.05, 0.1) is 5.69 Å². The molecule has 2 amide bonds. The summed E-state index contributed by atoms with van der Waals surface area (Å²) in [7, 11) is 0. The van der Waals surface area contributed by atoms with Gasteiger partial charge in [-0.1, -0.05) is 31.5 Å². The van der Waals surface area contributed by atoms with Crippen molar-refractivity contribution in [1.29, 1.82) is 0 Å². The molecule has 6 nitrogen and oxygen atoms in total. The van der Waals surface area contributed by atoms with Gasteiger partial charge in [0.1, 0.15) is 6.54 Å². The zero-order chi connectivity index (χ0) is 15.7. The van der Waals surface area contributed by atoms with E-state index in [1.165, 1.54) is 5.01 Å². The fraction of sp³-hybridized carbons (Fsp3) is 0.333. The van der Waals surface area contributed by atoms with Gasteiger partial charge in [0.2, 0.25) is 0 Å². The smallest absolute Gasteiger partial charge is 0.276 e. The topological polar surface area (TPSA) is 65.0 Å². The van der Waals surface area contributed by atoms with Crippen molar-refractivity contribution < 1.29 is 9.59 Å². The summed E-state index contributed by atoms with van der Waals surface area (Å²) in [6, 6.07) is 7.25. The highest BCUT2D eigenvalue weighted by Gasteiger charge is 2.35. The summed E-state index contributed by atoms with van der Waals surface area (Å²) in [5.41, 5.74) is 1.62. The van der Waals surface area contributed by atoms with Crippen LogP contribution in [-0.4, -0.2) is 45.6 Å². The van der Waals surface area contributed by atoms with Crippen molar-refractivity contribution in [3.8, 4) is 0 Å². The Hall–Kier alpha value is -2.28. The minimum absolute atomic E-state index is 0.203. The number of hydrogen-bond donors (Lipinski definition) is 1. The lowest BCUT2D eigenvalue weighted by atomic mass is 10.1. The molecule has 3 rings (SSSR count). The van der Waals surface area contributed by atoms with Crippen molar-refractivity contribution in [3.05, 3.63) is 29.8 Å². The average molecular weight is 316 g/mol. The van der Waals surface area contributed by atoms with Crippen LogP contribution in [0.5, 0.6) is 0 Å². The predicted molar refractivity (Wildman–Crippen MR) is 87.5 cm³/mol. The maximum atomic E-state index is 12.1. The van der Waals surface area contributed by atoms with E-state index >= 15 is 0 Å². The van der Waals surface area contributed by atoms with E-state index in [9.17, 15) is 9.59 Å². The SMILES string of the molecule is CCCCN1CC(=O)N(/N=C2\C(=O)Nc3ccccc32)C1=S. The Morgan fingerprint density at radius 3 is 2.86 bits per heavy atom. The summed E-state index contributed by atoms with van der Waals surface area (Å²) in [6.07, 6.45) is 1.98. The lowest BCUT2D eigenvalue weighted by Gasteiger charge is -2.16. The van der Waals surface area contributed by atoms with E-state index in [-0.39, 0.29) is 24.1 Å². The first-order valence-corrected chi connectivity index (χ1v) is 7.64. The lowest BCUT2D eigenvalue weighted by Crippen LogP contribution is -2.31. The Balaban J connectivity index is 1.87. The Kier molecular flexibility index (Phi) is 3.89. The van der Waals surface area contributed by atoms with Gasteiger partial charge in [0.25, 0.3) is 11.8 Å². The van der Waals surface area contributed by atoms with Gasteiger partial charge in [-0.3, -0.25) is 9.59 Å². The highest BCUT2D eigenvalue weighted by atomic mass is 32.1. The van der Waals surface area contributed by atoms with Crippen LogP contribution in [0.2, 0.25) is 0 Å². The minimum Gasteiger partial charge on any atom is -0.338 e. The van der Waals surface area contributed by atoms with Crippen LogP contribution in [0, 0.1) is 0 Å². The molecule has 1 aromatic rings. The molecule has 2 aliphatic rings. The first-order valence-electron chi connectivity index (χ1n) is 7.23. The van der Waals surface area contributed by atoms with Crippen LogP contribution in [0.3, 0.4) is 0 Å². The van der Waals surface area contributed by atoms with E-state index in [0.29, 0.717) is 16.4 Å². The monoisotopic (exact) mass is 316 g/mol. The van der Waals surface area contributed by atoms with Crippen LogP contribution in [0.4, 0.5) is 5.69 Å². The standard InChI is InChI=1S/C15H16N4O2S/c1-2-3-8-18-9-12(20)19(15(18)22)17-13-10-6-4-5-7-11(10)16-14(13)21/h4-7H,2-3,8-9H2,1H3,(H,16,17,21). The molecule has 1 N–H and O–H groups in total. The Labute approximate surface area is 133 Å². The third-order valence-electron chi connectivity index (χ3n) is 3.64. The molecule has 1 aromatic carbocycles. The Bertz CT molecular complexity index is 686. The summed E-state index contributed by atoms with van der Waals surface area (Å²) < 4.78 is 0.